The molecule has 0 aliphatic carbocycles. The van der Waals surface area contributed by atoms with Gasteiger partial charge in [-0.1, -0.05) is 6.07 Å². The highest BCUT2D eigenvalue weighted by molar-refractivity contribution is 5.89. The number of halogens is 3. The Balaban J connectivity index is 1.32. The molecule has 1 aliphatic heterocycles. The van der Waals surface area contributed by atoms with E-state index in [1.807, 2.05) is 0 Å². The summed E-state index contributed by atoms with van der Waals surface area (Å²) in [5, 5.41) is 3.01. The third-order valence-electron chi connectivity index (χ3n) is 5.76. The number of piperazine rings is 1. The largest absolute Gasteiger partial charge is 0.497 e. The van der Waals surface area contributed by atoms with Gasteiger partial charge in [0.15, 0.2) is 0 Å². The average molecular weight is 475 g/mol. The first-order valence-corrected chi connectivity index (χ1v) is 10.7. The van der Waals surface area contributed by atoms with Gasteiger partial charge >= 0.3 is 12.2 Å². The number of aromatic nitrogens is 2. The first-order chi connectivity index (χ1) is 16.2. The lowest BCUT2D eigenvalue weighted by molar-refractivity contribution is -0.140. The van der Waals surface area contributed by atoms with E-state index in [2.05, 4.69) is 15.2 Å². The maximum atomic E-state index is 12.9. The van der Waals surface area contributed by atoms with Crippen molar-refractivity contribution >= 4 is 22.6 Å². The molecule has 3 aromatic rings. The van der Waals surface area contributed by atoms with Crippen molar-refractivity contribution in [2.45, 2.75) is 12.7 Å². The Morgan fingerprint density at radius 1 is 1.09 bits per heavy atom. The minimum atomic E-state index is -4.56. The number of anilines is 1. The monoisotopic (exact) mass is 475 g/mol. The van der Waals surface area contributed by atoms with Crippen LogP contribution in [-0.4, -0.2) is 65.2 Å². The fourth-order valence-corrected chi connectivity index (χ4v) is 3.83. The summed E-state index contributed by atoms with van der Waals surface area (Å²) in [5.41, 5.74) is -0.730. The molecule has 11 heteroatoms. The molecule has 180 valence electrons. The number of hydrogen-bond acceptors (Lipinski definition) is 5. The molecule has 1 saturated heterocycles. The fourth-order valence-electron chi connectivity index (χ4n) is 3.83. The Hall–Kier alpha value is -3.60. The number of carbonyl (C=O) groups excluding carboxylic acids is 1. The van der Waals surface area contributed by atoms with Gasteiger partial charge in [-0.05, 0) is 30.3 Å². The molecule has 34 heavy (non-hydrogen) atoms. The van der Waals surface area contributed by atoms with Crippen molar-refractivity contribution in [3.8, 4) is 5.75 Å². The Morgan fingerprint density at radius 2 is 1.85 bits per heavy atom. The van der Waals surface area contributed by atoms with Crippen molar-refractivity contribution in [3.05, 3.63) is 64.7 Å². The van der Waals surface area contributed by atoms with Gasteiger partial charge in [-0.15, -0.1) is 0 Å². The Kier molecular flexibility index (Phi) is 6.73. The Bertz CT molecular complexity index is 1240. The molecule has 4 rings (SSSR count). The van der Waals surface area contributed by atoms with Gasteiger partial charge in [0.2, 0.25) is 0 Å². The third-order valence-corrected chi connectivity index (χ3v) is 5.76. The van der Waals surface area contributed by atoms with Crippen LogP contribution in [0.1, 0.15) is 5.69 Å². The van der Waals surface area contributed by atoms with Crippen LogP contribution in [0.25, 0.3) is 10.9 Å². The zero-order valence-corrected chi connectivity index (χ0v) is 18.5. The molecule has 1 fully saturated rings. The first kappa shape index (κ1) is 23.6. The molecule has 1 N–H and O–H groups in total. The molecular formula is C23H24F3N5O3. The molecule has 0 radical (unpaired) electrons. The number of ether oxygens (including phenoxy) is 1. The Labute approximate surface area is 193 Å². The summed E-state index contributed by atoms with van der Waals surface area (Å²) in [5.74, 6) is 0.656. The lowest BCUT2D eigenvalue weighted by atomic mass is 10.2. The maximum Gasteiger partial charge on any atom is 0.433 e. The second-order valence-electron chi connectivity index (χ2n) is 7.93. The number of nitrogens with one attached hydrogen (secondary N) is 1. The number of methoxy groups -OCH3 is 1. The first-order valence-electron chi connectivity index (χ1n) is 10.7. The number of nitrogens with zero attached hydrogens (tertiary/aromatic N) is 4. The maximum absolute atomic E-state index is 12.9. The molecule has 1 aliphatic rings. The van der Waals surface area contributed by atoms with E-state index in [0.29, 0.717) is 50.7 Å². The van der Waals surface area contributed by atoms with E-state index in [-0.39, 0.29) is 22.5 Å². The van der Waals surface area contributed by atoms with E-state index in [1.54, 1.807) is 36.3 Å². The number of fused-ring (bicyclic) bond motifs is 1. The van der Waals surface area contributed by atoms with Gasteiger partial charge < -0.3 is 19.5 Å². The summed E-state index contributed by atoms with van der Waals surface area (Å²) in [6, 6.07) is 10.4. The van der Waals surface area contributed by atoms with Crippen LogP contribution in [0, 0.1) is 0 Å². The van der Waals surface area contributed by atoms with Crippen molar-refractivity contribution in [1.82, 2.24) is 19.4 Å². The van der Waals surface area contributed by atoms with Gasteiger partial charge in [0, 0.05) is 57.2 Å². The van der Waals surface area contributed by atoms with Gasteiger partial charge in [0.05, 0.1) is 18.0 Å². The predicted molar refractivity (Wildman–Crippen MR) is 121 cm³/mol. The molecule has 2 aromatic heterocycles. The number of amides is 2. The second kappa shape index (κ2) is 9.72. The summed E-state index contributed by atoms with van der Waals surface area (Å²) in [6.07, 6.45) is -3.09. The van der Waals surface area contributed by atoms with Crippen LogP contribution < -0.4 is 15.6 Å². The zero-order chi connectivity index (χ0) is 24.3. The minimum absolute atomic E-state index is 0.0201. The highest BCUT2D eigenvalue weighted by Crippen LogP contribution is 2.28. The highest BCUT2D eigenvalue weighted by Gasteiger charge is 2.32. The van der Waals surface area contributed by atoms with E-state index < -0.39 is 11.9 Å². The number of pyridine rings is 2. The molecule has 2 amide bonds. The summed E-state index contributed by atoms with van der Waals surface area (Å²) in [4.78, 5) is 32.6. The molecule has 1 aromatic carbocycles. The topological polar surface area (TPSA) is 79.7 Å². The van der Waals surface area contributed by atoms with Crippen LogP contribution in [0.15, 0.2) is 53.5 Å². The number of benzene rings is 1. The molecule has 8 nitrogen and oxygen atoms in total. The van der Waals surface area contributed by atoms with Gasteiger partial charge in [-0.2, -0.15) is 13.2 Å². The minimum Gasteiger partial charge on any atom is -0.497 e. The van der Waals surface area contributed by atoms with Crippen LogP contribution in [0.4, 0.5) is 23.7 Å². The molecule has 0 bridgehead atoms. The van der Waals surface area contributed by atoms with Gasteiger partial charge in [0.25, 0.3) is 5.56 Å². The smallest absolute Gasteiger partial charge is 0.433 e. The van der Waals surface area contributed by atoms with Gasteiger partial charge in [-0.3, -0.25) is 9.69 Å². The third kappa shape index (κ3) is 5.30. The van der Waals surface area contributed by atoms with Crippen LogP contribution in [0.5, 0.6) is 5.75 Å². The second-order valence-corrected chi connectivity index (χ2v) is 7.93. The van der Waals surface area contributed by atoms with E-state index in [9.17, 15) is 22.8 Å². The standard InChI is InChI=1S/C23H24F3N5O3/c1-34-17-4-2-3-16(15-17)27-22(33)31-13-10-29(11-14-31)9-12-30-8-7-19-18(21(30)32)5-6-20(28-19)23(24,25)26/h2-8,15H,9-14H2,1H3,(H,27,33). The van der Waals surface area contributed by atoms with Crippen LogP contribution in [0.2, 0.25) is 0 Å². The lowest BCUT2D eigenvalue weighted by Crippen LogP contribution is -2.50. The summed E-state index contributed by atoms with van der Waals surface area (Å²) < 4.78 is 45.2. The van der Waals surface area contributed by atoms with Gasteiger partial charge in [0.1, 0.15) is 11.4 Å². The molecule has 0 spiro atoms. The number of urea groups is 1. The van der Waals surface area contributed by atoms with Crippen molar-refractivity contribution in [1.29, 1.82) is 0 Å². The van der Waals surface area contributed by atoms with Crippen molar-refractivity contribution in [2.24, 2.45) is 0 Å². The summed E-state index contributed by atoms with van der Waals surface area (Å²) in [7, 11) is 1.56. The van der Waals surface area contributed by atoms with E-state index in [4.69, 9.17) is 4.74 Å². The molecular weight excluding hydrogens is 451 g/mol. The van der Waals surface area contributed by atoms with Crippen molar-refractivity contribution in [3.63, 3.8) is 0 Å². The number of hydrogen-bond donors (Lipinski definition) is 1. The molecule has 0 saturated carbocycles. The molecule has 0 atom stereocenters. The number of carbonyl (C=O) groups is 1. The SMILES string of the molecule is COc1cccc(NC(=O)N2CCN(CCn3ccc4nc(C(F)(F)F)ccc4c3=O)CC2)c1. The van der Waals surface area contributed by atoms with E-state index in [1.165, 1.54) is 22.9 Å². The normalized spacial score (nSPS) is 14.9. The zero-order valence-electron chi connectivity index (χ0n) is 18.5. The van der Waals surface area contributed by atoms with Crippen LogP contribution >= 0.6 is 0 Å². The van der Waals surface area contributed by atoms with Crippen LogP contribution in [0.3, 0.4) is 0 Å². The highest BCUT2D eigenvalue weighted by atomic mass is 19.4. The predicted octanol–water partition coefficient (Wildman–Crippen LogP) is 3.27. The summed E-state index contributed by atoms with van der Waals surface area (Å²) >= 11 is 0. The molecule has 3 heterocycles. The average Bonchev–Trinajstić information content (AvgIpc) is 2.83. The Morgan fingerprint density at radius 3 is 2.56 bits per heavy atom. The number of rotatable bonds is 5. The van der Waals surface area contributed by atoms with E-state index in [0.717, 1.165) is 6.07 Å². The molecule has 0 unspecified atom stereocenters. The van der Waals surface area contributed by atoms with Crippen molar-refractivity contribution < 1.29 is 22.7 Å². The fraction of sp³-hybridized carbons (Fsp3) is 0.348. The number of alkyl halides is 3. The van der Waals surface area contributed by atoms with E-state index >= 15 is 0 Å². The summed E-state index contributed by atoms with van der Waals surface area (Å²) in [6.45, 7) is 3.31. The van der Waals surface area contributed by atoms with Gasteiger partial charge in [-0.25, -0.2) is 9.78 Å². The van der Waals surface area contributed by atoms with Crippen LogP contribution in [-0.2, 0) is 12.7 Å². The quantitative estimate of drug-likeness (QED) is 0.613. The van der Waals surface area contributed by atoms with Crippen molar-refractivity contribution in [2.75, 3.05) is 45.2 Å². The lowest BCUT2D eigenvalue weighted by Gasteiger charge is -2.34.